The molecule has 0 atom stereocenters. The molecule has 0 saturated carbocycles. The maximum atomic E-state index is 13.1. The lowest BCUT2D eigenvalue weighted by Gasteiger charge is -2.07. The fourth-order valence-corrected chi connectivity index (χ4v) is 1.90. The Morgan fingerprint density at radius 2 is 2.24 bits per heavy atom. The molecule has 21 heavy (non-hydrogen) atoms. The van der Waals surface area contributed by atoms with Gasteiger partial charge in [-0.25, -0.2) is 13.9 Å². The molecule has 0 fully saturated rings. The second kappa shape index (κ2) is 6.30. The fraction of sp³-hybridized carbons (Fsp3) is 0.267. The summed E-state index contributed by atoms with van der Waals surface area (Å²) in [4.78, 5) is 11.8. The molecule has 0 radical (unpaired) electrons. The predicted molar refractivity (Wildman–Crippen MR) is 75.5 cm³/mol. The molecule has 5 nitrogen and oxygen atoms in total. The zero-order valence-corrected chi connectivity index (χ0v) is 12.0. The first-order valence-corrected chi connectivity index (χ1v) is 6.46. The third kappa shape index (κ3) is 3.34. The number of hydrogen-bond donors (Lipinski definition) is 0. The number of esters is 1. The first kappa shape index (κ1) is 14.9. The monoisotopic (exact) mass is 289 g/mol. The van der Waals surface area contributed by atoms with Crippen LogP contribution in [-0.4, -0.2) is 27.6 Å². The van der Waals surface area contributed by atoms with E-state index in [1.165, 1.54) is 18.2 Å². The summed E-state index contributed by atoms with van der Waals surface area (Å²) in [7, 11) is 0. The maximum Gasteiger partial charge on any atom is 0.361 e. The molecule has 1 aromatic heterocycles. The van der Waals surface area contributed by atoms with Gasteiger partial charge in [0, 0.05) is 0 Å². The Balaban J connectivity index is 2.20. The number of rotatable bonds is 5. The molecule has 2 aromatic rings. The molecule has 0 bridgehead atoms. The van der Waals surface area contributed by atoms with Crippen LogP contribution in [0.2, 0.25) is 0 Å². The van der Waals surface area contributed by atoms with Gasteiger partial charge in [-0.3, -0.25) is 0 Å². The number of carbonyl (C=O) groups excluding carboxylic acids is 1. The Labute approximate surface area is 122 Å². The van der Waals surface area contributed by atoms with E-state index in [9.17, 15) is 9.18 Å². The van der Waals surface area contributed by atoms with Gasteiger partial charge in [-0.05, 0) is 37.1 Å². The van der Waals surface area contributed by atoms with Gasteiger partial charge in [-0.1, -0.05) is 23.9 Å². The lowest BCUT2D eigenvalue weighted by Crippen LogP contribution is -2.09. The molecule has 0 aliphatic rings. The van der Waals surface area contributed by atoms with Gasteiger partial charge < -0.3 is 4.74 Å². The van der Waals surface area contributed by atoms with Crippen LogP contribution in [0.25, 0.3) is 0 Å². The molecule has 0 unspecified atom stereocenters. The molecule has 0 aliphatic carbocycles. The molecule has 1 heterocycles. The van der Waals surface area contributed by atoms with Gasteiger partial charge in [0.1, 0.15) is 12.4 Å². The zero-order chi connectivity index (χ0) is 15.4. The van der Waals surface area contributed by atoms with E-state index < -0.39 is 5.97 Å². The van der Waals surface area contributed by atoms with Gasteiger partial charge >= 0.3 is 5.97 Å². The number of aromatic nitrogens is 3. The van der Waals surface area contributed by atoms with Gasteiger partial charge in [0.05, 0.1) is 12.2 Å². The van der Waals surface area contributed by atoms with Crippen LogP contribution in [0.1, 0.15) is 27.3 Å². The molecule has 0 spiro atoms. The van der Waals surface area contributed by atoms with E-state index in [1.807, 2.05) is 6.92 Å². The van der Waals surface area contributed by atoms with Gasteiger partial charge in [0.25, 0.3) is 0 Å². The van der Waals surface area contributed by atoms with Crippen LogP contribution in [0.3, 0.4) is 0 Å². The Morgan fingerprint density at radius 3 is 2.90 bits per heavy atom. The van der Waals surface area contributed by atoms with E-state index in [0.29, 0.717) is 12.2 Å². The summed E-state index contributed by atoms with van der Waals surface area (Å²) in [6.07, 6.45) is 1.49. The van der Waals surface area contributed by atoms with Crippen LogP contribution in [0.4, 0.5) is 4.39 Å². The molecule has 2 rings (SSSR count). The molecule has 0 saturated heterocycles. The van der Waals surface area contributed by atoms with Crippen LogP contribution in [0, 0.1) is 19.7 Å². The molecule has 6 heteroatoms. The highest BCUT2D eigenvalue weighted by Gasteiger charge is 2.18. The van der Waals surface area contributed by atoms with Crippen LogP contribution in [0.5, 0.6) is 0 Å². The van der Waals surface area contributed by atoms with Crippen LogP contribution in [-0.2, 0) is 11.3 Å². The number of ether oxygens (including phenoxy) is 1. The van der Waals surface area contributed by atoms with Crippen molar-refractivity contribution in [3.05, 3.63) is 59.2 Å². The van der Waals surface area contributed by atoms with E-state index >= 15 is 0 Å². The minimum absolute atomic E-state index is 0.127. The average molecular weight is 289 g/mol. The highest BCUT2D eigenvalue weighted by Crippen LogP contribution is 2.14. The van der Waals surface area contributed by atoms with Crippen molar-refractivity contribution >= 4 is 5.97 Å². The van der Waals surface area contributed by atoms with E-state index in [4.69, 9.17) is 4.74 Å². The van der Waals surface area contributed by atoms with Crippen molar-refractivity contribution in [3.63, 3.8) is 0 Å². The number of benzene rings is 1. The first-order chi connectivity index (χ1) is 10.0. The standard InChI is InChI=1S/C15H16FN3O2/c1-4-7-21-15(20)14-11(3)19(18-17-14)9-12-5-6-13(16)8-10(12)2/h4-6,8H,1,7,9H2,2-3H3. The molecule has 110 valence electrons. The van der Waals surface area contributed by atoms with Crippen molar-refractivity contribution in [2.45, 2.75) is 20.4 Å². The summed E-state index contributed by atoms with van der Waals surface area (Å²) in [5.74, 6) is -0.810. The minimum Gasteiger partial charge on any atom is -0.457 e. The van der Waals surface area contributed by atoms with Crippen molar-refractivity contribution in [1.82, 2.24) is 15.0 Å². The van der Waals surface area contributed by atoms with Crippen molar-refractivity contribution in [2.75, 3.05) is 6.61 Å². The van der Waals surface area contributed by atoms with Crippen molar-refractivity contribution < 1.29 is 13.9 Å². The molecular formula is C15H16FN3O2. The second-order valence-corrected chi connectivity index (χ2v) is 4.64. The lowest BCUT2D eigenvalue weighted by atomic mass is 10.1. The molecule has 0 N–H and O–H groups in total. The van der Waals surface area contributed by atoms with E-state index in [1.54, 1.807) is 17.7 Å². The largest absolute Gasteiger partial charge is 0.457 e. The molecular weight excluding hydrogens is 273 g/mol. The summed E-state index contributed by atoms with van der Waals surface area (Å²) >= 11 is 0. The quantitative estimate of drug-likeness (QED) is 0.626. The Kier molecular flexibility index (Phi) is 4.47. The average Bonchev–Trinajstić information content (AvgIpc) is 2.81. The third-order valence-electron chi connectivity index (χ3n) is 3.13. The number of halogens is 1. The highest BCUT2D eigenvalue weighted by molar-refractivity contribution is 5.88. The van der Waals surface area contributed by atoms with E-state index in [-0.39, 0.29) is 18.1 Å². The van der Waals surface area contributed by atoms with Crippen molar-refractivity contribution in [2.24, 2.45) is 0 Å². The van der Waals surface area contributed by atoms with Crippen LogP contribution in [0.15, 0.2) is 30.9 Å². The highest BCUT2D eigenvalue weighted by atomic mass is 19.1. The fourth-order valence-electron chi connectivity index (χ4n) is 1.90. The van der Waals surface area contributed by atoms with Crippen LogP contribution >= 0.6 is 0 Å². The van der Waals surface area contributed by atoms with Gasteiger partial charge in [-0.2, -0.15) is 0 Å². The van der Waals surface area contributed by atoms with Crippen molar-refractivity contribution in [1.29, 1.82) is 0 Å². The zero-order valence-electron chi connectivity index (χ0n) is 12.0. The topological polar surface area (TPSA) is 57.0 Å². The summed E-state index contributed by atoms with van der Waals surface area (Å²) in [6.45, 7) is 7.58. The summed E-state index contributed by atoms with van der Waals surface area (Å²) in [5, 5.41) is 7.79. The third-order valence-corrected chi connectivity index (χ3v) is 3.13. The molecule has 0 aliphatic heterocycles. The molecule has 1 aromatic carbocycles. The Hall–Kier alpha value is -2.50. The number of hydrogen-bond acceptors (Lipinski definition) is 4. The minimum atomic E-state index is -0.533. The van der Waals surface area contributed by atoms with Gasteiger partial charge in [0.15, 0.2) is 5.69 Å². The lowest BCUT2D eigenvalue weighted by molar-refractivity contribution is 0.0542. The maximum absolute atomic E-state index is 13.1. The number of carbonyl (C=O) groups is 1. The van der Waals surface area contributed by atoms with E-state index in [2.05, 4.69) is 16.9 Å². The van der Waals surface area contributed by atoms with Gasteiger partial charge in [-0.15, -0.1) is 5.10 Å². The normalized spacial score (nSPS) is 10.4. The SMILES string of the molecule is C=CCOC(=O)c1nnn(Cc2ccc(F)cc2C)c1C. The summed E-state index contributed by atoms with van der Waals surface area (Å²) in [5.41, 5.74) is 2.51. The number of nitrogens with zero attached hydrogens (tertiary/aromatic N) is 3. The summed E-state index contributed by atoms with van der Waals surface area (Å²) < 4.78 is 19.6. The smallest absolute Gasteiger partial charge is 0.361 e. The molecule has 0 amide bonds. The predicted octanol–water partition coefficient (Wildman–Crippen LogP) is 2.43. The second-order valence-electron chi connectivity index (χ2n) is 4.64. The number of aryl methyl sites for hydroxylation is 1. The van der Waals surface area contributed by atoms with Crippen LogP contribution < -0.4 is 0 Å². The Morgan fingerprint density at radius 1 is 1.48 bits per heavy atom. The Bertz CT molecular complexity index is 680. The summed E-state index contributed by atoms with van der Waals surface area (Å²) in [6, 6.07) is 4.55. The first-order valence-electron chi connectivity index (χ1n) is 6.46. The van der Waals surface area contributed by atoms with Crippen molar-refractivity contribution in [3.8, 4) is 0 Å². The van der Waals surface area contributed by atoms with E-state index in [0.717, 1.165) is 11.1 Å². The van der Waals surface area contributed by atoms with Gasteiger partial charge in [0.2, 0.25) is 0 Å².